The van der Waals surface area contributed by atoms with Gasteiger partial charge < -0.3 is 5.11 Å². The summed E-state index contributed by atoms with van der Waals surface area (Å²) in [6.45, 7) is 3.36. The largest absolute Gasteiger partial charge is 0.478 e. The minimum absolute atomic E-state index is 0.0251. The second-order valence-electron chi connectivity index (χ2n) is 4.09. The van der Waals surface area contributed by atoms with Crippen molar-refractivity contribution in [3.05, 3.63) is 28.8 Å². The maximum absolute atomic E-state index is 12.0. The lowest BCUT2D eigenvalue weighted by atomic mass is 10.1. The zero-order chi connectivity index (χ0) is 14.6. The Bertz CT molecular complexity index is 641. The molecule has 0 fully saturated rings. The Morgan fingerprint density at radius 3 is 2.53 bits per heavy atom. The van der Waals surface area contributed by atoms with Crippen LogP contribution in [0.3, 0.4) is 0 Å². The Labute approximate surface area is 112 Å². The van der Waals surface area contributed by atoms with E-state index in [0.717, 1.165) is 0 Å². The molecule has 1 aromatic rings. The predicted molar refractivity (Wildman–Crippen MR) is 71.5 cm³/mol. The number of hydrogen-bond acceptors (Lipinski definition) is 3. The molecule has 0 saturated carbocycles. The highest BCUT2D eigenvalue weighted by Gasteiger charge is 2.20. The molecule has 6 heteroatoms. The summed E-state index contributed by atoms with van der Waals surface area (Å²) in [6, 6.07) is 2.71. The van der Waals surface area contributed by atoms with E-state index in [2.05, 4.69) is 10.6 Å². The molecule has 19 heavy (non-hydrogen) atoms. The number of benzene rings is 1. The zero-order valence-electron chi connectivity index (χ0n) is 10.7. The number of terminal acetylenes is 1. The lowest BCUT2D eigenvalue weighted by Gasteiger charge is -2.11. The van der Waals surface area contributed by atoms with E-state index in [1.165, 1.54) is 6.07 Å². The van der Waals surface area contributed by atoms with Crippen LogP contribution in [0.4, 0.5) is 0 Å². The Kier molecular flexibility index (Phi) is 4.70. The molecular formula is C13H15NO4S. The number of carboxylic acid groups (broad SMARTS) is 1. The van der Waals surface area contributed by atoms with E-state index in [4.69, 9.17) is 11.5 Å². The average molecular weight is 281 g/mol. The normalized spacial score (nSPS) is 11.0. The third-order valence-corrected chi connectivity index (χ3v) is 4.21. The molecule has 0 aliphatic carbocycles. The average Bonchev–Trinajstić information content (AvgIpc) is 2.28. The SMILES string of the molecule is C#CCCNS(=O)(=O)c1cc(C(=O)O)c(C)cc1C. The fraction of sp³-hybridized carbons (Fsp3) is 0.308. The molecule has 2 N–H and O–H groups in total. The molecule has 0 atom stereocenters. The standard InChI is InChI=1S/C13H15NO4S/c1-4-5-6-14-19(17,18)12-8-11(13(15)16)9(2)7-10(12)3/h1,7-8,14H,5-6H2,2-3H3,(H,15,16). The van der Waals surface area contributed by atoms with Gasteiger partial charge in [-0.05, 0) is 31.0 Å². The van der Waals surface area contributed by atoms with E-state index in [0.29, 0.717) is 11.1 Å². The van der Waals surface area contributed by atoms with E-state index in [1.807, 2.05) is 0 Å². The number of nitrogens with one attached hydrogen (secondary N) is 1. The summed E-state index contributed by atoms with van der Waals surface area (Å²) >= 11 is 0. The second-order valence-corrected chi connectivity index (χ2v) is 5.83. The van der Waals surface area contributed by atoms with Gasteiger partial charge in [0.15, 0.2) is 0 Å². The lowest BCUT2D eigenvalue weighted by Crippen LogP contribution is -2.25. The van der Waals surface area contributed by atoms with Crippen molar-refractivity contribution in [3.8, 4) is 12.3 Å². The van der Waals surface area contributed by atoms with Gasteiger partial charge in [0, 0.05) is 13.0 Å². The van der Waals surface area contributed by atoms with Crippen molar-refractivity contribution in [2.75, 3.05) is 6.54 Å². The fourth-order valence-corrected chi connectivity index (χ4v) is 2.97. The van der Waals surface area contributed by atoms with Crippen molar-refractivity contribution < 1.29 is 18.3 Å². The highest BCUT2D eigenvalue weighted by Crippen LogP contribution is 2.20. The third-order valence-electron chi connectivity index (χ3n) is 2.60. The van der Waals surface area contributed by atoms with Crippen molar-refractivity contribution in [1.29, 1.82) is 0 Å². The third kappa shape index (κ3) is 3.56. The molecule has 0 aliphatic heterocycles. The van der Waals surface area contributed by atoms with Gasteiger partial charge in [-0.2, -0.15) is 0 Å². The van der Waals surface area contributed by atoms with Crippen LogP contribution in [0.15, 0.2) is 17.0 Å². The Morgan fingerprint density at radius 2 is 2.00 bits per heavy atom. The highest BCUT2D eigenvalue weighted by atomic mass is 32.2. The van der Waals surface area contributed by atoms with Crippen molar-refractivity contribution in [3.63, 3.8) is 0 Å². The van der Waals surface area contributed by atoms with E-state index in [-0.39, 0.29) is 23.4 Å². The molecule has 102 valence electrons. The highest BCUT2D eigenvalue weighted by molar-refractivity contribution is 7.89. The van der Waals surface area contributed by atoms with Crippen LogP contribution in [-0.4, -0.2) is 26.0 Å². The van der Waals surface area contributed by atoms with Crippen molar-refractivity contribution in [1.82, 2.24) is 4.72 Å². The van der Waals surface area contributed by atoms with E-state index >= 15 is 0 Å². The Morgan fingerprint density at radius 1 is 1.37 bits per heavy atom. The topological polar surface area (TPSA) is 83.5 Å². The monoisotopic (exact) mass is 281 g/mol. The van der Waals surface area contributed by atoms with Crippen LogP contribution in [0.1, 0.15) is 27.9 Å². The molecule has 0 amide bonds. The maximum atomic E-state index is 12.0. The van der Waals surface area contributed by atoms with Crippen LogP contribution in [0, 0.1) is 26.2 Å². The van der Waals surface area contributed by atoms with Gasteiger partial charge in [-0.3, -0.25) is 0 Å². The van der Waals surface area contributed by atoms with Crippen molar-refractivity contribution in [2.24, 2.45) is 0 Å². The fourth-order valence-electron chi connectivity index (χ4n) is 1.69. The summed E-state index contributed by atoms with van der Waals surface area (Å²) in [5, 5.41) is 9.02. The summed E-state index contributed by atoms with van der Waals surface area (Å²) in [4.78, 5) is 11.0. The number of aryl methyl sites for hydroxylation is 2. The minimum atomic E-state index is -3.74. The first-order chi connectivity index (χ1) is 8.79. The number of hydrogen-bond donors (Lipinski definition) is 2. The molecular weight excluding hydrogens is 266 g/mol. The summed E-state index contributed by atoms with van der Waals surface area (Å²) in [5.74, 6) is 1.17. The molecule has 1 rings (SSSR count). The van der Waals surface area contributed by atoms with Gasteiger partial charge in [-0.25, -0.2) is 17.9 Å². The van der Waals surface area contributed by atoms with Crippen LogP contribution in [0.2, 0.25) is 0 Å². The predicted octanol–water partition coefficient (Wildman–Crippen LogP) is 1.30. The van der Waals surface area contributed by atoms with Gasteiger partial charge in [0.05, 0.1) is 10.5 Å². The summed E-state index contributed by atoms with van der Waals surface area (Å²) in [7, 11) is -3.74. The van der Waals surface area contributed by atoms with Gasteiger partial charge >= 0.3 is 5.97 Å². The molecule has 1 aromatic carbocycles. The van der Waals surface area contributed by atoms with Crippen LogP contribution in [0.25, 0.3) is 0 Å². The first kappa shape index (κ1) is 15.2. The van der Waals surface area contributed by atoms with Gasteiger partial charge in [0.2, 0.25) is 10.0 Å². The minimum Gasteiger partial charge on any atom is -0.478 e. The molecule has 5 nitrogen and oxygen atoms in total. The van der Waals surface area contributed by atoms with Gasteiger partial charge in [0.25, 0.3) is 0 Å². The lowest BCUT2D eigenvalue weighted by molar-refractivity contribution is 0.0696. The van der Waals surface area contributed by atoms with Gasteiger partial charge in [-0.1, -0.05) is 6.07 Å². The summed E-state index contributed by atoms with van der Waals surface area (Å²) in [6.07, 6.45) is 5.32. The molecule has 0 bridgehead atoms. The van der Waals surface area contributed by atoms with Crippen LogP contribution < -0.4 is 4.72 Å². The maximum Gasteiger partial charge on any atom is 0.335 e. The van der Waals surface area contributed by atoms with Crippen molar-refractivity contribution in [2.45, 2.75) is 25.2 Å². The van der Waals surface area contributed by atoms with Gasteiger partial charge in [-0.15, -0.1) is 12.3 Å². The van der Waals surface area contributed by atoms with Crippen LogP contribution in [-0.2, 0) is 10.0 Å². The van der Waals surface area contributed by atoms with E-state index in [1.54, 1.807) is 19.9 Å². The number of rotatable bonds is 5. The summed E-state index contributed by atoms with van der Waals surface area (Å²) in [5.41, 5.74) is 0.992. The smallest absolute Gasteiger partial charge is 0.335 e. The van der Waals surface area contributed by atoms with Crippen molar-refractivity contribution >= 4 is 16.0 Å². The van der Waals surface area contributed by atoms with Crippen LogP contribution >= 0.6 is 0 Å². The first-order valence-electron chi connectivity index (χ1n) is 5.57. The number of aromatic carboxylic acids is 1. The molecule has 0 aromatic heterocycles. The Balaban J connectivity index is 3.24. The van der Waals surface area contributed by atoms with Gasteiger partial charge in [0.1, 0.15) is 0 Å². The Hall–Kier alpha value is -1.84. The zero-order valence-corrected chi connectivity index (χ0v) is 11.5. The first-order valence-corrected chi connectivity index (χ1v) is 7.05. The molecule has 0 aliphatic rings. The van der Waals surface area contributed by atoms with E-state index < -0.39 is 16.0 Å². The van der Waals surface area contributed by atoms with Crippen LogP contribution in [0.5, 0.6) is 0 Å². The number of carbonyl (C=O) groups is 1. The molecule has 0 saturated heterocycles. The quantitative estimate of drug-likeness (QED) is 0.629. The second kappa shape index (κ2) is 5.87. The van der Waals surface area contributed by atoms with E-state index in [9.17, 15) is 13.2 Å². The number of carboxylic acids is 1. The number of sulfonamides is 1. The molecule has 0 heterocycles. The molecule has 0 spiro atoms. The molecule has 0 unspecified atom stereocenters. The molecule has 0 radical (unpaired) electrons. The summed E-state index contributed by atoms with van der Waals surface area (Å²) < 4.78 is 26.4.